The Hall–Kier alpha value is -0.900. The van der Waals surface area contributed by atoms with E-state index in [-0.39, 0.29) is 0 Å². The predicted molar refractivity (Wildman–Crippen MR) is 81.6 cm³/mol. The van der Waals surface area contributed by atoms with Crippen LogP contribution in [-0.4, -0.2) is 44.8 Å². The number of methoxy groups -OCH3 is 1. The van der Waals surface area contributed by atoms with E-state index in [2.05, 4.69) is 55.3 Å². The highest BCUT2D eigenvalue weighted by molar-refractivity contribution is 5.24. The fourth-order valence-corrected chi connectivity index (χ4v) is 2.19. The van der Waals surface area contributed by atoms with Gasteiger partial charge in [-0.25, -0.2) is 0 Å². The maximum atomic E-state index is 5.18. The molecule has 0 bridgehead atoms. The molecule has 0 saturated carbocycles. The van der Waals surface area contributed by atoms with Crippen molar-refractivity contribution in [1.82, 2.24) is 10.2 Å². The van der Waals surface area contributed by atoms with Gasteiger partial charge in [0.05, 0.1) is 6.61 Å². The third-order valence-corrected chi connectivity index (χ3v) is 3.43. The average molecular weight is 264 g/mol. The molecule has 1 aromatic carbocycles. The third-order valence-electron chi connectivity index (χ3n) is 3.43. The van der Waals surface area contributed by atoms with Gasteiger partial charge in [-0.3, -0.25) is 4.90 Å². The summed E-state index contributed by atoms with van der Waals surface area (Å²) in [6.45, 7) is 11.3. The van der Waals surface area contributed by atoms with E-state index in [4.69, 9.17) is 4.74 Å². The van der Waals surface area contributed by atoms with E-state index in [9.17, 15) is 0 Å². The van der Waals surface area contributed by atoms with Crippen molar-refractivity contribution in [1.29, 1.82) is 0 Å². The van der Waals surface area contributed by atoms with Crippen molar-refractivity contribution in [2.24, 2.45) is 0 Å². The molecule has 0 amide bonds. The minimum Gasteiger partial charge on any atom is -0.383 e. The van der Waals surface area contributed by atoms with Crippen molar-refractivity contribution in [3.05, 3.63) is 35.4 Å². The Morgan fingerprint density at radius 3 is 2.42 bits per heavy atom. The van der Waals surface area contributed by atoms with Crippen LogP contribution >= 0.6 is 0 Å². The number of aryl methyl sites for hydroxylation is 1. The number of hydrogen-bond donors (Lipinski definition) is 1. The molecule has 0 aliphatic carbocycles. The summed E-state index contributed by atoms with van der Waals surface area (Å²) < 4.78 is 5.18. The van der Waals surface area contributed by atoms with Gasteiger partial charge in [-0.15, -0.1) is 0 Å². The fourth-order valence-electron chi connectivity index (χ4n) is 2.19. The number of rotatable bonds is 9. The molecule has 1 unspecified atom stereocenters. The van der Waals surface area contributed by atoms with Gasteiger partial charge in [0.25, 0.3) is 0 Å². The van der Waals surface area contributed by atoms with E-state index in [0.29, 0.717) is 6.04 Å². The summed E-state index contributed by atoms with van der Waals surface area (Å²) in [6.07, 6.45) is 0. The number of ether oxygens (including phenoxy) is 1. The summed E-state index contributed by atoms with van der Waals surface area (Å²) in [4.78, 5) is 2.43. The molecular weight excluding hydrogens is 236 g/mol. The molecule has 0 fully saturated rings. The summed E-state index contributed by atoms with van der Waals surface area (Å²) in [5.74, 6) is 0. The highest BCUT2D eigenvalue weighted by atomic mass is 16.5. The SMILES string of the molecule is CCNC(CN(CC)CCOC)c1ccc(C)cc1. The lowest BCUT2D eigenvalue weighted by atomic mass is 10.0. The molecule has 0 saturated heterocycles. The van der Waals surface area contributed by atoms with Crippen molar-refractivity contribution >= 4 is 0 Å². The van der Waals surface area contributed by atoms with Crippen LogP contribution in [0.15, 0.2) is 24.3 Å². The highest BCUT2D eigenvalue weighted by Crippen LogP contribution is 2.15. The Morgan fingerprint density at radius 2 is 1.89 bits per heavy atom. The lowest BCUT2D eigenvalue weighted by Crippen LogP contribution is -2.37. The van der Waals surface area contributed by atoms with Crippen LogP contribution in [0.2, 0.25) is 0 Å². The summed E-state index contributed by atoms with van der Waals surface area (Å²) in [6, 6.07) is 9.22. The summed E-state index contributed by atoms with van der Waals surface area (Å²) >= 11 is 0. The van der Waals surface area contributed by atoms with E-state index >= 15 is 0 Å². The number of nitrogens with one attached hydrogen (secondary N) is 1. The van der Waals surface area contributed by atoms with Crippen molar-refractivity contribution in [3.63, 3.8) is 0 Å². The first-order chi connectivity index (χ1) is 9.21. The van der Waals surface area contributed by atoms with E-state index < -0.39 is 0 Å². The molecule has 0 aliphatic rings. The van der Waals surface area contributed by atoms with Gasteiger partial charge < -0.3 is 10.1 Å². The van der Waals surface area contributed by atoms with E-state index in [0.717, 1.165) is 32.8 Å². The smallest absolute Gasteiger partial charge is 0.0589 e. The van der Waals surface area contributed by atoms with Crippen LogP contribution < -0.4 is 5.32 Å². The second-order valence-corrected chi connectivity index (χ2v) is 4.91. The zero-order chi connectivity index (χ0) is 14.1. The van der Waals surface area contributed by atoms with Crippen molar-refractivity contribution in [3.8, 4) is 0 Å². The summed E-state index contributed by atoms with van der Waals surface area (Å²) in [7, 11) is 1.76. The first kappa shape index (κ1) is 16.2. The second-order valence-electron chi connectivity index (χ2n) is 4.91. The molecule has 3 heteroatoms. The minimum absolute atomic E-state index is 0.391. The van der Waals surface area contributed by atoms with E-state index in [1.165, 1.54) is 11.1 Å². The van der Waals surface area contributed by atoms with Gasteiger partial charge in [0.15, 0.2) is 0 Å². The van der Waals surface area contributed by atoms with Crippen LogP contribution in [0.3, 0.4) is 0 Å². The molecule has 0 aliphatic heterocycles. The number of benzene rings is 1. The molecule has 0 heterocycles. The molecular formula is C16H28N2O. The Balaban J connectivity index is 2.67. The van der Waals surface area contributed by atoms with Crippen molar-refractivity contribution in [2.45, 2.75) is 26.8 Å². The van der Waals surface area contributed by atoms with E-state index in [1.807, 2.05) is 0 Å². The molecule has 19 heavy (non-hydrogen) atoms. The van der Waals surface area contributed by atoms with E-state index in [1.54, 1.807) is 7.11 Å². The summed E-state index contributed by atoms with van der Waals surface area (Å²) in [5, 5.41) is 3.58. The van der Waals surface area contributed by atoms with Gasteiger partial charge >= 0.3 is 0 Å². The predicted octanol–water partition coefficient (Wildman–Crippen LogP) is 2.61. The maximum Gasteiger partial charge on any atom is 0.0589 e. The van der Waals surface area contributed by atoms with Crippen LogP contribution in [0.25, 0.3) is 0 Å². The lowest BCUT2D eigenvalue weighted by molar-refractivity contribution is 0.144. The van der Waals surface area contributed by atoms with Crippen LogP contribution in [0, 0.1) is 6.92 Å². The molecule has 1 rings (SSSR count). The third kappa shape index (κ3) is 5.72. The summed E-state index contributed by atoms with van der Waals surface area (Å²) in [5.41, 5.74) is 2.68. The average Bonchev–Trinajstić information content (AvgIpc) is 2.43. The van der Waals surface area contributed by atoms with Crippen LogP contribution in [-0.2, 0) is 4.74 Å². The molecule has 108 valence electrons. The largest absolute Gasteiger partial charge is 0.383 e. The van der Waals surface area contributed by atoms with Gasteiger partial charge in [0.2, 0.25) is 0 Å². The Morgan fingerprint density at radius 1 is 1.21 bits per heavy atom. The van der Waals surface area contributed by atoms with Gasteiger partial charge in [-0.2, -0.15) is 0 Å². The number of likely N-dealkylation sites (N-methyl/N-ethyl adjacent to an activating group) is 2. The zero-order valence-corrected chi connectivity index (χ0v) is 12.8. The Labute approximate surface area is 118 Å². The molecule has 0 aromatic heterocycles. The Bertz CT molecular complexity index is 337. The van der Waals surface area contributed by atoms with Crippen LogP contribution in [0.4, 0.5) is 0 Å². The number of nitrogens with zero attached hydrogens (tertiary/aromatic N) is 1. The fraction of sp³-hybridized carbons (Fsp3) is 0.625. The topological polar surface area (TPSA) is 24.5 Å². The van der Waals surface area contributed by atoms with Gasteiger partial charge in [0, 0.05) is 26.2 Å². The molecule has 1 atom stereocenters. The minimum atomic E-state index is 0.391. The molecule has 1 aromatic rings. The van der Waals surface area contributed by atoms with Gasteiger partial charge in [-0.1, -0.05) is 43.7 Å². The van der Waals surface area contributed by atoms with Crippen molar-refractivity contribution < 1.29 is 4.74 Å². The lowest BCUT2D eigenvalue weighted by Gasteiger charge is -2.27. The monoisotopic (exact) mass is 264 g/mol. The standard InChI is InChI=1S/C16H28N2O/c1-5-17-16(13-18(6-2)11-12-19-4)15-9-7-14(3)8-10-15/h7-10,16-17H,5-6,11-13H2,1-4H3. The molecule has 0 radical (unpaired) electrons. The van der Waals surface area contributed by atoms with Gasteiger partial charge in [-0.05, 0) is 25.6 Å². The van der Waals surface area contributed by atoms with Crippen molar-refractivity contribution in [2.75, 3.05) is 39.9 Å². The molecule has 0 spiro atoms. The second kappa shape index (κ2) is 9.08. The first-order valence-electron chi connectivity index (χ1n) is 7.22. The maximum absolute atomic E-state index is 5.18. The quantitative estimate of drug-likeness (QED) is 0.742. The highest BCUT2D eigenvalue weighted by Gasteiger charge is 2.14. The van der Waals surface area contributed by atoms with Crippen LogP contribution in [0.1, 0.15) is 31.0 Å². The van der Waals surface area contributed by atoms with Crippen LogP contribution in [0.5, 0.6) is 0 Å². The molecule has 3 nitrogen and oxygen atoms in total. The molecule has 1 N–H and O–H groups in total. The van der Waals surface area contributed by atoms with Gasteiger partial charge in [0.1, 0.15) is 0 Å². The Kier molecular flexibility index (Phi) is 7.72. The number of hydrogen-bond acceptors (Lipinski definition) is 3. The zero-order valence-electron chi connectivity index (χ0n) is 12.8. The first-order valence-corrected chi connectivity index (χ1v) is 7.22. The normalized spacial score (nSPS) is 12.9.